The van der Waals surface area contributed by atoms with Gasteiger partial charge in [-0.1, -0.05) is 72.8 Å². The zero-order chi connectivity index (χ0) is 28.5. The van der Waals surface area contributed by atoms with Crippen LogP contribution in [0.1, 0.15) is 29.2 Å². The minimum absolute atomic E-state index is 0.0787. The molecule has 0 spiro atoms. The molecule has 1 heterocycles. The maximum absolute atomic E-state index is 13.1. The number of carbonyl (C=O) groups excluding carboxylic acids is 1. The van der Waals surface area contributed by atoms with Gasteiger partial charge in [0.05, 0.1) is 32.3 Å². The summed E-state index contributed by atoms with van der Waals surface area (Å²) in [5, 5.41) is 11.2. The highest BCUT2D eigenvalue weighted by Crippen LogP contribution is 2.40. The van der Waals surface area contributed by atoms with Gasteiger partial charge in [-0.3, -0.25) is 4.79 Å². The fourth-order valence-corrected chi connectivity index (χ4v) is 4.82. The van der Waals surface area contributed by atoms with Crippen LogP contribution in [0.5, 0.6) is 17.2 Å². The third-order valence-corrected chi connectivity index (χ3v) is 7.10. The second-order valence-electron chi connectivity index (χ2n) is 10.1. The van der Waals surface area contributed by atoms with Crippen molar-refractivity contribution in [2.75, 3.05) is 20.3 Å². The molecule has 1 N–H and O–H groups in total. The summed E-state index contributed by atoms with van der Waals surface area (Å²) < 4.78 is 29.1. The van der Waals surface area contributed by atoms with Crippen molar-refractivity contribution < 1.29 is 33.6 Å². The SMILES string of the molecule is COc1ccc(OCC2(COCc3ccccc3)CC(C(O)c3ccc(OCc4ccccc4)cc3)C(=O)O2)cc1. The minimum atomic E-state index is -1.06. The van der Waals surface area contributed by atoms with Gasteiger partial charge in [0, 0.05) is 6.42 Å². The highest BCUT2D eigenvalue weighted by molar-refractivity contribution is 5.76. The highest BCUT2D eigenvalue weighted by atomic mass is 16.6. The van der Waals surface area contributed by atoms with Crippen LogP contribution in [0.25, 0.3) is 0 Å². The Bertz CT molecular complexity index is 1370. The first-order valence-electron chi connectivity index (χ1n) is 13.6. The average molecular weight is 555 g/mol. The van der Waals surface area contributed by atoms with Gasteiger partial charge in [-0.25, -0.2) is 0 Å². The van der Waals surface area contributed by atoms with E-state index in [1.165, 1.54) is 0 Å². The second-order valence-corrected chi connectivity index (χ2v) is 10.1. The maximum Gasteiger partial charge on any atom is 0.312 e. The molecule has 4 aromatic carbocycles. The molecule has 3 atom stereocenters. The molecule has 1 fully saturated rings. The lowest BCUT2D eigenvalue weighted by Crippen LogP contribution is -2.41. The quantitative estimate of drug-likeness (QED) is 0.206. The summed E-state index contributed by atoms with van der Waals surface area (Å²) >= 11 is 0. The smallest absolute Gasteiger partial charge is 0.312 e. The summed E-state index contributed by atoms with van der Waals surface area (Å²) in [5.41, 5.74) is 1.62. The Morgan fingerprint density at radius 1 is 0.756 bits per heavy atom. The van der Waals surface area contributed by atoms with Gasteiger partial charge in [0.15, 0.2) is 5.60 Å². The van der Waals surface area contributed by atoms with Crippen molar-refractivity contribution >= 4 is 5.97 Å². The van der Waals surface area contributed by atoms with Gasteiger partial charge in [-0.15, -0.1) is 0 Å². The number of carbonyl (C=O) groups is 1. The van der Waals surface area contributed by atoms with Crippen molar-refractivity contribution in [1.82, 2.24) is 0 Å². The number of aliphatic hydroxyl groups is 1. The Balaban J connectivity index is 1.25. The molecule has 0 bridgehead atoms. The Hall–Kier alpha value is -4.33. The van der Waals surface area contributed by atoms with Crippen molar-refractivity contribution in [1.29, 1.82) is 0 Å². The summed E-state index contributed by atoms with van der Waals surface area (Å²) in [6, 6.07) is 34.0. The molecule has 7 nitrogen and oxygen atoms in total. The Morgan fingerprint density at radius 3 is 1.95 bits per heavy atom. The molecular formula is C34H34O7. The Labute approximate surface area is 240 Å². The van der Waals surface area contributed by atoms with Gasteiger partial charge >= 0.3 is 5.97 Å². The number of rotatable bonds is 13. The van der Waals surface area contributed by atoms with Gasteiger partial charge in [0.25, 0.3) is 0 Å². The van der Waals surface area contributed by atoms with Crippen molar-refractivity contribution in [3.8, 4) is 17.2 Å². The van der Waals surface area contributed by atoms with E-state index in [4.69, 9.17) is 23.7 Å². The van der Waals surface area contributed by atoms with Crippen LogP contribution in [0.15, 0.2) is 109 Å². The highest BCUT2D eigenvalue weighted by Gasteiger charge is 2.50. The topological polar surface area (TPSA) is 83.5 Å². The molecule has 212 valence electrons. The van der Waals surface area contributed by atoms with Gasteiger partial charge in [0.1, 0.15) is 30.5 Å². The molecule has 0 amide bonds. The van der Waals surface area contributed by atoms with Crippen LogP contribution in [-0.4, -0.2) is 37.0 Å². The summed E-state index contributed by atoms with van der Waals surface area (Å²) in [6.07, 6.45) is -0.813. The molecule has 5 rings (SSSR count). The molecule has 0 saturated carbocycles. The van der Waals surface area contributed by atoms with E-state index in [0.29, 0.717) is 36.0 Å². The van der Waals surface area contributed by atoms with Crippen molar-refractivity contribution in [2.24, 2.45) is 5.92 Å². The molecule has 1 aliphatic rings. The molecule has 7 heteroatoms. The minimum Gasteiger partial charge on any atom is -0.497 e. The zero-order valence-corrected chi connectivity index (χ0v) is 23.0. The van der Waals surface area contributed by atoms with Gasteiger partial charge < -0.3 is 28.8 Å². The lowest BCUT2D eigenvalue weighted by atomic mass is 9.88. The molecule has 41 heavy (non-hydrogen) atoms. The van der Waals surface area contributed by atoms with E-state index in [2.05, 4.69) is 0 Å². The fraction of sp³-hybridized carbons (Fsp3) is 0.265. The van der Waals surface area contributed by atoms with Crippen LogP contribution in [0.3, 0.4) is 0 Å². The number of methoxy groups -OCH3 is 1. The number of ether oxygens (including phenoxy) is 5. The number of hydrogen-bond acceptors (Lipinski definition) is 7. The van der Waals surface area contributed by atoms with Crippen LogP contribution >= 0.6 is 0 Å². The van der Waals surface area contributed by atoms with Crippen molar-refractivity contribution in [3.05, 3.63) is 126 Å². The van der Waals surface area contributed by atoms with Crippen LogP contribution in [-0.2, 0) is 27.5 Å². The molecule has 1 aliphatic heterocycles. The number of aliphatic hydroxyl groups excluding tert-OH is 1. The van der Waals surface area contributed by atoms with E-state index in [9.17, 15) is 9.90 Å². The molecule has 4 aromatic rings. The Kier molecular flexibility index (Phi) is 9.19. The molecule has 1 saturated heterocycles. The first kappa shape index (κ1) is 28.2. The molecule has 0 aromatic heterocycles. The van der Waals surface area contributed by atoms with Gasteiger partial charge in [-0.05, 0) is 53.1 Å². The van der Waals surface area contributed by atoms with Crippen molar-refractivity contribution in [2.45, 2.75) is 31.3 Å². The van der Waals surface area contributed by atoms with Gasteiger partial charge in [0.2, 0.25) is 0 Å². The lowest BCUT2D eigenvalue weighted by Gasteiger charge is -2.28. The van der Waals surface area contributed by atoms with Crippen LogP contribution in [0.4, 0.5) is 0 Å². The van der Waals surface area contributed by atoms with E-state index in [1.54, 1.807) is 55.6 Å². The number of esters is 1. The predicted octanol–water partition coefficient (Wildman–Crippen LogP) is 5.91. The number of cyclic esters (lactones) is 1. The van der Waals surface area contributed by atoms with E-state index >= 15 is 0 Å². The molecule has 0 aliphatic carbocycles. The Morgan fingerprint density at radius 2 is 1.32 bits per heavy atom. The monoisotopic (exact) mass is 554 g/mol. The zero-order valence-electron chi connectivity index (χ0n) is 23.0. The lowest BCUT2D eigenvalue weighted by molar-refractivity contribution is -0.160. The largest absolute Gasteiger partial charge is 0.497 e. The number of hydrogen-bond donors (Lipinski definition) is 1. The van der Waals surface area contributed by atoms with E-state index in [0.717, 1.165) is 11.1 Å². The molecule has 0 radical (unpaired) electrons. The fourth-order valence-electron chi connectivity index (χ4n) is 4.82. The normalized spacial score (nSPS) is 18.9. The van der Waals surface area contributed by atoms with Gasteiger partial charge in [-0.2, -0.15) is 0 Å². The van der Waals surface area contributed by atoms with E-state index in [1.807, 2.05) is 60.7 Å². The predicted molar refractivity (Wildman–Crippen MR) is 154 cm³/mol. The van der Waals surface area contributed by atoms with Crippen LogP contribution < -0.4 is 14.2 Å². The summed E-state index contributed by atoms with van der Waals surface area (Å²) in [5.74, 6) is 0.745. The van der Waals surface area contributed by atoms with Crippen molar-refractivity contribution in [3.63, 3.8) is 0 Å². The standard InChI is InChI=1S/C34H34O7/c1-37-28-16-18-30(19-17-28)40-24-34(23-38-21-25-8-4-2-5-9-25)20-31(33(36)41-34)32(35)27-12-14-29(15-13-27)39-22-26-10-6-3-7-11-26/h2-19,31-32,35H,20-24H2,1H3. The third-order valence-electron chi connectivity index (χ3n) is 7.10. The summed E-state index contributed by atoms with van der Waals surface area (Å²) in [4.78, 5) is 13.1. The van der Waals surface area contributed by atoms with E-state index < -0.39 is 23.6 Å². The van der Waals surface area contributed by atoms with Crippen LogP contribution in [0, 0.1) is 5.92 Å². The molecular weight excluding hydrogens is 520 g/mol. The molecule has 3 unspecified atom stereocenters. The second kappa shape index (κ2) is 13.4. The van der Waals surface area contributed by atoms with Crippen LogP contribution in [0.2, 0.25) is 0 Å². The summed E-state index contributed by atoms with van der Waals surface area (Å²) in [7, 11) is 1.60. The third kappa shape index (κ3) is 7.45. The summed E-state index contributed by atoms with van der Waals surface area (Å²) in [6.45, 7) is 1.01. The average Bonchev–Trinajstić information content (AvgIpc) is 3.36. The maximum atomic E-state index is 13.1. The van der Waals surface area contributed by atoms with E-state index in [-0.39, 0.29) is 19.6 Å². The number of benzene rings is 4. The first-order chi connectivity index (χ1) is 20.0. The first-order valence-corrected chi connectivity index (χ1v) is 13.6.